The minimum absolute atomic E-state index is 0.0471. The van der Waals surface area contributed by atoms with Crippen LogP contribution in [0.1, 0.15) is 16.7 Å². The van der Waals surface area contributed by atoms with Crippen molar-refractivity contribution in [2.45, 2.75) is 13.8 Å². The maximum Gasteiger partial charge on any atom is 0.266 e. The number of para-hydroxylation sites is 1. The van der Waals surface area contributed by atoms with E-state index in [1.54, 1.807) is 12.1 Å². The number of benzene rings is 3. The summed E-state index contributed by atoms with van der Waals surface area (Å²) in [4.78, 5) is 24.6. The maximum atomic E-state index is 13.6. The lowest BCUT2D eigenvalue weighted by molar-refractivity contribution is -0.118. The van der Waals surface area contributed by atoms with E-state index in [9.17, 15) is 19.2 Å². The Morgan fingerprint density at radius 3 is 2.41 bits per heavy atom. The summed E-state index contributed by atoms with van der Waals surface area (Å²) in [6.07, 6.45) is 1.40. The summed E-state index contributed by atoms with van der Waals surface area (Å²) in [6.45, 7) is 3.45. The van der Waals surface area contributed by atoms with Crippen molar-refractivity contribution >= 4 is 40.9 Å². The van der Waals surface area contributed by atoms with E-state index in [-0.39, 0.29) is 28.6 Å². The third-order valence-electron chi connectivity index (χ3n) is 4.62. The molecule has 0 atom stereocenters. The van der Waals surface area contributed by atoms with Gasteiger partial charge >= 0.3 is 0 Å². The molecule has 0 aliphatic heterocycles. The lowest BCUT2D eigenvalue weighted by Gasteiger charge is -2.10. The first kappa shape index (κ1) is 24.5. The molecule has 0 saturated heterocycles. The molecule has 0 radical (unpaired) electrons. The van der Waals surface area contributed by atoms with Crippen LogP contribution in [0.3, 0.4) is 0 Å². The Kier molecular flexibility index (Phi) is 8.01. The van der Waals surface area contributed by atoms with E-state index in [1.807, 2.05) is 38.1 Å². The Hall–Kier alpha value is -4.15. The highest BCUT2D eigenvalue weighted by Gasteiger charge is 2.12. The second-order valence-electron chi connectivity index (χ2n) is 7.51. The topological polar surface area (TPSA) is 91.2 Å². The van der Waals surface area contributed by atoms with Crippen molar-refractivity contribution in [3.63, 3.8) is 0 Å². The summed E-state index contributed by atoms with van der Waals surface area (Å²) in [5, 5.41) is 14.8. The molecule has 8 heteroatoms. The predicted octanol–water partition coefficient (Wildman–Crippen LogP) is 5.66. The molecule has 34 heavy (non-hydrogen) atoms. The number of rotatable bonds is 7. The fraction of sp³-hybridized carbons (Fsp3) is 0.115. The largest absolute Gasteiger partial charge is 0.482 e. The normalized spacial score (nSPS) is 10.9. The van der Waals surface area contributed by atoms with Crippen molar-refractivity contribution in [3.05, 3.63) is 93.8 Å². The second kappa shape index (κ2) is 11.1. The summed E-state index contributed by atoms with van der Waals surface area (Å²) >= 11 is 6.24. The molecule has 0 heterocycles. The van der Waals surface area contributed by atoms with Gasteiger partial charge in [-0.3, -0.25) is 9.59 Å². The molecule has 3 rings (SSSR count). The first-order valence-electron chi connectivity index (χ1n) is 10.2. The third kappa shape index (κ3) is 6.67. The molecular formula is C26H21ClFN3O3. The van der Waals surface area contributed by atoms with Crippen molar-refractivity contribution in [1.29, 1.82) is 5.26 Å². The van der Waals surface area contributed by atoms with Crippen LogP contribution in [0, 0.1) is 31.0 Å². The third-order valence-corrected chi connectivity index (χ3v) is 4.91. The minimum atomic E-state index is -0.556. The van der Waals surface area contributed by atoms with Gasteiger partial charge in [-0.1, -0.05) is 35.9 Å². The number of hydrogen-bond donors (Lipinski definition) is 2. The van der Waals surface area contributed by atoms with Gasteiger partial charge in [0.1, 0.15) is 23.2 Å². The van der Waals surface area contributed by atoms with Gasteiger partial charge in [-0.15, -0.1) is 0 Å². The quantitative estimate of drug-likeness (QED) is 0.339. The van der Waals surface area contributed by atoms with Gasteiger partial charge in [0.2, 0.25) is 0 Å². The molecule has 0 fully saturated rings. The van der Waals surface area contributed by atoms with Crippen molar-refractivity contribution in [2.75, 3.05) is 17.2 Å². The van der Waals surface area contributed by atoms with E-state index in [2.05, 4.69) is 10.6 Å². The van der Waals surface area contributed by atoms with Crippen LogP contribution in [0.4, 0.5) is 15.8 Å². The van der Waals surface area contributed by atoms with Gasteiger partial charge in [0.15, 0.2) is 6.61 Å². The monoisotopic (exact) mass is 477 g/mol. The fourth-order valence-corrected chi connectivity index (χ4v) is 3.42. The number of carbonyl (C=O) groups is 2. The molecule has 3 aromatic carbocycles. The number of nitriles is 1. The SMILES string of the molecule is Cc1cc(C)cc(NC(=O)/C(C#N)=C\c2ccc(OCC(=O)Nc3ccccc3F)c(Cl)c2)c1. The highest BCUT2D eigenvalue weighted by atomic mass is 35.5. The molecule has 172 valence electrons. The van der Waals surface area contributed by atoms with Crippen LogP contribution in [0.25, 0.3) is 6.08 Å². The molecule has 2 N–H and O–H groups in total. The highest BCUT2D eigenvalue weighted by Crippen LogP contribution is 2.27. The van der Waals surface area contributed by atoms with Gasteiger partial charge in [-0.25, -0.2) is 4.39 Å². The fourth-order valence-electron chi connectivity index (χ4n) is 3.18. The van der Waals surface area contributed by atoms with E-state index < -0.39 is 17.6 Å². The molecule has 0 saturated carbocycles. The van der Waals surface area contributed by atoms with Crippen LogP contribution in [0.5, 0.6) is 5.75 Å². The van der Waals surface area contributed by atoms with E-state index >= 15 is 0 Å². The summed E-state index contributed by atoms with van der Waals surface area (Å²) in [7, 11) is 0. The molecule has 0 aromatic heterocycles. The molecule has 0 aliphatic carbocycles. The second-order valence-corrected chi connectivity index (χ2v) is 7.91. The summed E-state index contributed by atoms with van der Waals surface area (Å²) in [5.41, 5.74) is 3.02. The van der Waals surface area contributed by atoms with Crippen molar-refractivity contribution in [3.8, 4) is 11.8 Å². The Morgan fingerprint density at radius 2 is 1.76 bits per heavy atom. The van der Waals surface area contributed by atoms with Crippen molar-refractivity contribution in [1.82, 2.24) is 0 Å². The van der Waals surface area contributed by atoms with Gasteiger partial charge in [0, 0.05) is 5.69 Å². The van der Waals surface area contributed by atoms with Gasteiger partial charge in [0.05, 0.1) is 10.7 Å². The Morgan fingerprint density at radius 1 is 1.06 bits per heavy atom. The zero-order valence-corrected chi connectivity index (χ0v) is 19.2. The number of amides is 2. The number of ether oxygens (including phenoxy) is 1. The molecule has 0 aliphatic rings. The maximum absolute atomic E-state index is 13.6. The number of hydrogen-bond acceptors (Lipinski definition) is 4. The van der Waals surface area contributed by atoms with Crippen molar-refractivity contribution in [2.24, 2.45) is 0 Å². The van der Waals surface area contributed by atoms with E-state index in [0.717, 1.165) is 11.1 Å². The molecule has 3 aromatic rings. The van der Waals surface area contributed by atoms with E-state index in [4.69, 9.17) is 16.3 Å². The number of halogens is 2. The van der Waals surface area contributed by atoms with E-state index in [1.165, 1.54) is 36.4 Å². The molecular weight excluding hydrogens is 457 g/mol. The number of anilines is 2. The summed E-state index contributed by atoms with van der Waals surface area (Å²) in [5.74, 6) is -1.44. The number of nitrogens with one attached hydrogen (secondary N) is 2. The van der Waals surface area contributed by atoms with Crippen LogP contribution in [0.15, 0.2) is 66.2 Å². The summed E-state index contributed by atoms with van der Waals surface area (Å²) < 4.78 is 19.1. The summed E-state index contributed by atoms with van der Waals surface area (Å²) in [6, 6.07) is 17.9. The molecule has 0 spiro atoms. The van der Waals surface area contributed by atoms with Crippen LogP contribution < -0.4 is 15.4 Å². The van der Waals surface area contributed by atoms with Gasteiger partial charge in [0.25, 0.3) is 11.8 Å². The van der Waals surface area contributed by atoms with Crippen LogP contribution >= 0.6 is 11.6 Å². The van der Waals surface area contributed by atoms with Gasteiger partial charge in [-0.2, -0.15) is 5.26 Å². The smallest absolute Gasteiger partial charge is 0.266 e. The zero-order valence-electron chi connectivity index (χ0n) is 18.5. The van der Waals surface area contributed by atoms with Crippen molar-refractivity contribution < 1.29 is 18.7 Å². The zero-order chi connectivity index (χ0) is 24.7. The van der Waals surface area contributed by atoms with Crippen LogP contribution in [-0.2, 0) is 9.59 Å². The standard InChI is InChI=1S/C26H21ClFN3O3/c1-16-9-17(2)11-20(10-16)30-26(33)19(14-29)12-18-7-8-24(21(27)13-18)34-15-25(32)31-23-6-4-3-5-22(23)28/h3-13H,15H2,1-2H3,(H,30,33)(H,31,32)/b19-12-. The molecule has 6 nitrogen and oxygen atoms in total. The number of nitrogens with zero attached hydrogens (tertiary/aromatic N) is 1. The first-order chi connectivity index (χ1) is 16.2. The minimum Gasteiger partial charge on any atom is -0.482 e. The Balaban J connectivity index is 1.65. The molecule has 0 bridgehead atoms. The van der Waals surface area contributed by atoms with Crippen LogP contribution in [0.2, 0.25) is 5.02 Å². The Bertz CT molecular complexity index is 1290. The lowest BCUT2D eigenvalue weighted by Crippen LogP contribution is -2.20. The van der Waals surface area contributed by atoms with E-state index in [0.29, 0.717) is 11.3 Å². The Labute approximate surface area is 201 Å². The lowest BCUT2D eigenvalue weighted by atomic mass is 10.1. The first-order valence-corrected chi connectivity index (χ1v) is 10.6. The molecule has 2 amide bonds. The molecule has 0 unspecified atom stereocenters. The highest BCUT2D eigenvalue weighted by molar-refractivity contribution is 6.32. The number of carbonyl (C=O) groups excluding carboxylic acids is 2. The number of aryl methyl sites for hydroxylation is 2. The average Bonchev–Trinajstić information content (AvgIpc) is 2.77. The van der Waals surface area contributed by atoms with Crippen LogP contribution in [-0.4, -0.2) is 18.4 Å². The van der Waals surface area contributed by atoms with Gasteiger partial charge < -0.3 is 15.4 Å². The predicted molar refractivity (Wildman–Crippen MR) is 130 cm³/mol. The van der Waals surface area contributed by atoms with Gasteiger partial charge in [-0.05, 0) is 73.0 Å². The average molecular weight is 478 g/mol.